The van der Waals surface area contributed by atoms with Crippen LogP contribution in [-0.2, 0) is 17.8 Å². The second-order valence-corrected chi connectivity index (χ2v) is 7.84. The van der Waals surface area contributed by atoms with Crippen LogP contribution in [0.5, 0.6) is 0 Å². The summed E-state index contributed by atoms with van der Waals surface area (Å²) in [6.07, 6.45) is 0.697. The molecule has 0 bridgehead atoms. The maximum Gasteiger partial charge on any atom is 0.319 e. The van der Waals surface area contributed by atoms with Gasteiger partial charge < -0.3 is 19.4 Å². The van der Waals surface area contributed by atoms with Crippen molar-refractivity contribution in [2.45, 2.75) is 20.0 Å². The number of nitrogens with zero attached hydrogens (tertiary/aromatic N) is 5. The van der Waals surface area contributed by atoms with Crippen molar-refractivity contribution in [3.05, 3.63) is 51.9 Å². The number of carbonyl (C=O) groups is 1. The number of methoxy groups -OCH3 is 1. The van der Waals surface area contributed by atoms with Crippen LogP contribution in [-0.4, -0.2) is 73.2 Å². The monoisotopic (exact) mass is 417 g/mol. The lowest BCUT2D eigenvalue weighted by molar-refractivity contribution is 0.167. The molecule has 1 aromatic carbocycles. The van der Waals surface area contributed by atoms with Gasteiger partial charge in [0.05, 0.1) is 12.3 Å². The molecule has 0 atom stereocenters. The number of hydrogen-bond acceptors (Lipinski definition) is 5. The molecular weight excluding hydrogens is 390 g/mol. The van der Waals surface area contributed by atoms with Gasteiger partial charge in [0.25, 0.3) is 0 Å². The van der Waals surface area contributed by atoms with Crippen LogP contribution in [0.4, 0.5) is 10.6 Å². The number of piperazine rings is 1. The SMILES string of the molecule is COCc1nc(C)nc(N2CCN(C(=O)N(C)C)CC2)c1Cc1ccc(Cl)cc1. The highest BCUT2D eigenvalue weighted by molar-refractivity contribution is 6.30. The van der Waals surface area contributed by atoms with Gasteiger partial charge in [-0.05, 0) is 24.6 Å². The van der Waals surface area contributed by atoms with Crippen molar-refractivity contribution in [1.29, 1.82) is 0 Å². The second kappa shape index (κ2) is 9.41. The zero-order valence-corrected chi connectivity index (χ0v) is 18.2. The summed E-state index contributed by atoms with van der Waals surface area (Å²) in [4.78, 5) is 27.4. The van der Waals surface area contributed by atoms with Crippen molar-refractivity contribution in [3.63, 3.8) is 0 Å². The van der Waals surface area contributed by atoms with Gasteiger partial charge in [0.1, 0.15) is 11.6 Å². The van der Waals surface area contributed by atoms with Crippen molar-refractivity contribution in [2.24, 2.45) is 0 Å². The first-order chi connectivity index (χ1) is 13.9. The Morgan fingerprint density at radius 1 is 1.14 bits per heavy atom. The Labute approximate surface area is 177 Å². The van der Waals surface area contributed by atoms with Crippen LogP contribution in [0.25, 0.3) is 0 Å². The van der Waals surface area contributed by atoms with E-state index in [9.17, 15) is 4.79 Å². The van der Waals surface area contributed by atoms with Crippen LogP contribution in [0, 0.1) is 6.92 Å². The van der Waals surface area contributed by atoms with Gasteiger partial charge in [-0.15, -0.1) is 0 Å². The van der Waals surface area contributed by atoms with E-state index in [4.69, 9.17) is 21.3 Å². The van der Waals surface area contributed by atoms with E-state index >= 15 is 0 Å². The van der Waals surface area contributed by atoms with E-state index in [0.717, 1.165) is 41.6 Å². The number of benzene rings is 1. The Morgan fingerprint density at radius 3 is 2.38 bits per heavy atom. The molecule has 0 saturated carbocycles. The Balaban J connectivity index is 1.89. The number of ether oxygens (including phenoxy) is 1. The van der Waals surface area contributed by atoms with Gasteiger partial charge in [0.2, 0.25) is 0 Å². The van der Waals surface area contributed by atoms with Gasteiger partial charge in [0.15, 0.2) is 0 Å². The van der Waals surface area contributed by atoms with Gasteiger partial charge in [-0.25, -0.2) is 14.8 Å². The molecule has 2 heterocycles. The summed E-state index contributed by atoms with van der Waals surface area (Å²) in [6, 6.07) is 7.89. The fraction of sp³-hybridized carbons (Fsp3) is 0.476. The molecule has 8 heteroatoms. The van der Waals surface area contributed by atoms with Crippen molar-refractivity contribution < 1.29 is 9.53 Å². The number of hydrogen-bond donors (Lipinski definition) is 0. The molecule has 1 aliphatic heterocycles. The summed E-state index contributed by atoms with van der Waals surface area (Å²) in [7, 11) is 5.24. The van der Waals surface area contributed by atoms with E-state index in [1.165, 1.54) is 0 Å². The average molecular weight is 418 g/mol. The van der Waals surface area contributed by atoms with E-state index in [-0.39, 0.29) is 6.03 Å². The summed E-state index contributed by atoms with van der Waals surface area (Å²) in [6.45, 7) is 5.13. The predicted molar refractivity (Wildman–Crippen MR) is 115 cm³/mol. The highest BCUT2D eigenvalue weighted by Crippen LogP contribution is 2.26. The number of rotatable bonds is 5. The highest BCUT2D eigenvalue weighted by Gasteiger charge is 2.26. The van der Waals surface area contributed by atoms with Crippen molar-refractivity contribution in [3.8, 4) is 0 Å². The molecule has 0 radical (unpaired) electrons. The largest absolute Gasteiger partial charge is 0.378 e. The standard InChI is InChI=1S/C21H28ClN5O2/c1-15-23-19(14-29-4)18(13-16-5-7-17(22)8-6-16)20(24-15)26-9-11-27(12-10-26)21(28)25(2)3/h5-8H,9-14H2,1-4H3. The summed E-state index contributed by atoms with van der Waals surface area (Å²) in [5, 5.41) is 0.716. The zero-order valence-electron chi connectivity index (χ0n) is 17.5. The second-order valence-electron chi connectivity index (χ2n) is 7.41. The lowest BCUT2D eigenvalue weighted by Gasteiger charge is -2.37. The molecule has 156 valence electrons. The van der Waals surface area contributed by atoms with Crippen molar-refractivity contribution >= 4 is 23.4 Å². The fourth-order valence-electron chi connectivity index (χ4n) is 3.54. The van der Waals surface area contributed by atoms with Crippen LogP contribution in [0.3, 0.4) is 0 Å². The molecular formula is C21H28ClN5O2. The molecule has 29 heavy (non-hydrogen) atoms. The summed E-state index contributed by atoms with van der Waals surface area (Å²) < 4.78 is 5.41. The summed E-state index contributed by atoms with van der Waals surface area (Å²) in [5.41, 5.74) is 3.10. The minimum atomic E-state index is 0.0463. The molecule has 0 spiro atoms. The third kappa shape index (κ3) is 5.16. The number of carbonyl (C=O) groups excluding carboxylic acids is 1. The lowest BCUT2D eigenvalue weighted by atomic mass is 10.0. The molecule has 1 aromatic heterocycles. The van der Waals surface area contributed by atoms with Crippen LogP contribution < -0.4 is 4.90 Å². The van der Waals surface area contributed by atoms with Crippen LogP contribution in [0.1, 0.15) is 22.6 Å². The van der Waals surface area contributed by atoms with Crippen LogP contribution in [0.2, 0.25) is 5.02 Å². The molecule has 7 nitrogen and oxygen atoms in total. The topological polar surface area (TPSA) is 61.8 Å². The average Bonchev–Trinajstić information content (AvgIpc) is 2.71. The number of aromatic nitrogens is 2. The molecule has 0 unspecified atom stereocenters. The molecule has 3 rings (SSSR count). The third-order valence-electron chi connectivity index (χ3n) is 4.99. The molecule has 1 aliphatic rings. The first-order valence-electron chi connectivity index (χ1n) is 9.70. The van der Waals surface area contributed by atoms with E-state index in [1.54, 1.807) is 26.1 Å². The lowest BCUT2D eigenvalue weighted by Crippen LogP contribution is -2.52. The van der Waals surface area contributed by atoms with Crippen molar-refractivity contribution in [1.82, 2.24) is 19.8 Å². The van der Waals surface area contributed by atoms with Gasteiger partial charge in [0, 0.05) is 64.4 Å². The van der Waals surface area contributed by atoms with E-state index in [2.05, 4.69) is 9.88 Å². The van der Waals surface area contributed by atoms with Gasteiger partial charge in [-0.2, -0.15) is 0 Å². The van der Waals surface area contributed by atoms with E-state index in [0.29, 0.717) is 31.1 Å². The first kappa shape index (κ1) is 21.3. The number of halogens is 1. The summed E-state index contributed by atoms with van der Waals surface area (Å²) >= 11 is 6.04. The quantitative estimate of drug-likeness (QED) is 0.748. The Kier molecular flexibility index (Phi) is 6.92. The Morgan fingerprint density at radius 2 is 1.79 bits per heavy atom. The highest BCUT2D eigenvalue weighted by atomic mass is 35.5. The first-order valence-corrected chi connectivity index (χ1v) is 10.1. The van der Waals surface area contributed by atoms with Gasteiger partial charge in [-0.3, -0.25) is 0 Å². The van der Waals surface area contributed by atoms with E-state index in [1.807, 2.05) is 36.1 Å². The van der Waals surface area contributed by atoms with Crippen LogP contribution in [0.15, 0.2) is 24.3 Å². The van der Waals surface area contributed by atoms with Crippen LogP contribution >= 0.6 is 11.6 Å². The number of amides is 2. The Hall–Kier alpha value is -2.38. The van der Waals surface area contributed by atoms with Gasteiger partial charge >= 0.3 is 6.03 Å². The van der Waals surface area contributed by atoms with E-state index < -0.39 is 0 Å². The molecule has 1 saturated heterocycles. The number of urea groups is 1. The van der Waals surface area contributed by atoms with Crippen molar-refractivity contribution in [2.75, 3.05) is 52.3 Å². The summed E-state index contributed by atoms with van der Waals surface area (Å²) in [5.74, 6) is 1.65. The fourth-order valence-corrected chi connectivity index (χ4v) is 3.66. The molecule has 2 aromatic rings. The normalized spacial score (nSPS) is 14.2. The van der Waals surface area contributed by atoms with Gasteiger partial charge in [-0.1, -0.05) is 23.7 Å². The smallest absolute Gasteiger partial charge is 0.319 e. The maximum atomic E-state index is 12.3. The minimum Gasteiger partial charge on any atom is -0.378 e. The third-order valence-corrected chi connectivity index (χ3v) is 5.24. The Bertz CT molecular complexity index is 849. The molecule has 0 N–H and O–H groups in total. The number of aryl methyl sites for hydroxylation is 1. The minimum absolute atomic E-state index is 0.0463. The molecule has 1 fully saturated rings. The zero-order chi connectivity index (χ0) is 21.0. The molecule has 0 aliphatic carbocycles. The number of anilines is 1. The predicted octanol–water partition coefficient (Wildman–Crippen LogP) is 2.98. The maximum absolute atomic E-state index is 12.3. The molecule has 2 amide bonds.